The zero-order valence-corrected chi connectivity index (χ0v) is 12.7. The summed E-state index contributed by atoms with van der Waals surface area (Å²) in [6.07, 6.45) is 0. The van der Waals surface area contributed by atoms with Gasteiger partial charge in [0, 0.05) is 37.2 Å². The van der Waals surface area contributed by atoms with Crippen LogP contribution in [0.2, 0.25) is 0 Å². The van der Waals surface area contributed by atoms with Crippen LogP contribution in [-0.2, 0) is 6.54 Å². The lowest BCUT2D eigenvalue weighted by Crippen LogP contribution is -2.45. The van der Waals surface area contributed by atoms with Crippen LogP contribution in [0.15, 0.2) is 22.7 Å². The number of hydrogen-bond donors (Lipinski definition) is 0. The zero-order valence-electron chi connectivity index (χ0n) is 11.1. The Morgan fingerprint density at radius 1 is 1.26 bits per heavy atom. The molecule has 0 saturated carbocycles. The Kier molecular flexibility index (Phi) is 5.20. The minimum atomic E-state index is 0.538. The van der Waals surface area contributed by atoms with Gasteiger partial charge in [-0.1, -0.05) is 15.9 Å². The number of benzene rings is 1. The number of methoxy groups -OCH3 is 1. The topological polar surface area (TPSA) is 39.5 Å². The molecule has 1 aliphatic heterocycles. The summed E-state index contributed by atoms with van der Waals surface area (Å²) in [4.78, 5) is 4.60. The smallest absolute Gasteiger partial charge is 0.119 e. The maximum absolute atomic E-state index is 8.69. The van der Waals surface area contributed by atoms with Crippen LogP contribution in [0.3, 0.4) is 0 Å². The van der Waals surface area contributed by atoms with E-state index in [2.05, 4.69) is 37.9 Å². The van der Waals surface area contributed by atoms with Crippen LogP contribution in [0, 0.1) is 11.3 Å². The Bertz CT molecular complexity index is 464. The molecule has 2 rings (SSSR count). The molecule has 1 aromatic rings. The molecule has 4 nitrogen and oxygen atoms in total. The number of ether oxygens (including phenoxy) is 1. The molecule has 0 N–H and O–H groups in total. The second-order valence-corrected chi connectivity index (χ2v) is 5.52. The highest BCUT2D eigenvalue weighted by Gasteiger charge is 2.17. The summed E-state index contributed by atoms with van der Waals surface area (Å²) < 4.78 is 6.38. The van der Waals surface area contributed by atoms with E-state index in [4.69, 9.17) is 10.00 Å². The van der Waals surface area contributed by atoms with Gasteiger partial charge in [-0.05, 0) is 23.8 Å². The summed E-state index contributed by atoms with van der Waals surface area (Å²) in [7, 11) is 1.69. The van der Waals surface area contributed by atoms with Crippen LogP contribution < -0.4 is 4.74 Å². The Balaban J connectivity index is 1.94. The molecule has 0 radical (unpaired) electrons. The van der Waals surface area contributed by atoms with Crippen molar-refractivity contribution in [2.24, 2.45) is 0 Å². The van der Waals surface area contributed by atoms with E-state index in [9.17, 15) is 0 Å². The molecule has 0 amide bonds. The first-order chi connectivity index (χ1) is 9.22. The normalized spacial score (nSPS) is 17.1. The van der Waals surface area contributed by atoms with Crippen LogP contribution in [0.1, 0.15) is 5.56 Å². The van der Waals surface area contributed by atoms with E-state index in [1.54, 1.807) is 7.11 Å². The van der Waals surface area contributed by atoms with Crippen molar-refractivity contribution in [3.05, 3.63) is 28.2 Å². The molecule has 1 fully saturated rings. The molecular weight excluding hydrogens is 306 g/mol. The van der Waals surface area contributed by atoms with Gasteiger partial charge in [-0.15, -0.1) is 0 Å². The summed E-state index contributed by atoms with van der Waals surface area (Å²) >= 11 is 3.59. The van der Waals surface area contributed by atoms with Gasteiger partial charge in [0.15, 0.2) is 0 Å². The van der Waals surface area contributed by atoms with Gasteiger partial charge in [-0.2, -0.15) is 5.26 Å². The molecule has 19 heavy (non-hydrogen) atoms. The van der Waals surface area contributed by atoms with E-state index < -0.39 is 0 Å². The largest absolute Gasteiger partial charge is 0.497 e. The van der Waals surface area contributed by atoms with Crippen molar-refractivity contribution >= 4 is 15.9 Å². The number of hydrogen-bond acceptors (Lipinski definition) is 4. The Hall–Kier alpha value is -1.09. The molecule has 5 heteroatoms. The van der Waals surface area contributed by atoms with Crippen molar-refractivity contribution in [1.82, 2.24) is 9.80 Å². The fourth-order valence-corrected chi connectivity index (χ4v) is 2.62. The Morgan fingerprint density at radius 2 is 1.95 bits per heavy atom. The average Bonchev–Trinajstić information content (AvgIpc) is 2.44. The third-order valence-corrected chi connectivity index (χ3v) is 4.18. The third-order valence-electron chi connectivity index (χ3n) is 3.41. The van der Waals surface area contributed by atoms with E-state index >= 15 is 0 Å². The highest BCUT2D eigenvalue weighted by Crippen LogP contribution is 2.24. The highest BCUT2D eigenvalue weighted by atomic mass is 79.9. The van der Waals surface area contributed by atoms with Gasteiger partial charge in [0.25, 0.3) is 0 Å². The fraction of sp³-hybridized carbons (Fsp3) is 0.500. The number of halogens is 1. The summed E-state index contributed by atoms with van der Waals surface area (Å²) in [5.74, 6) is 0.890. The van der Waals surface area contributed by atoms with Gasteiger partial charge in [-0.25, -0.2) is 0 Å². The summed E-state index contributed by atoms with van der Waals surface area (Å²) in [6.45, 7) is 5.40. The van der Waals surface area contributed by atoms with E-state index in [0.717, 1.165) is 42.9 Å². The lowest BCUT2D eigenvalue weighted by atomic mass is 10.2. The number of rotatable bonds is 4. The average molecular weight is 324 g/mol. The molecule has 1 saturated heterocycles. The van der Waals surface area contributed by atoms with Gasteiger partial charge in [0.05, 0.1) is 19.7 Å². The number of piperazine rings is 1. The molecule has 0 aromatic heterocycles. The van der Waals surface area contributed by atoms with Gasteiger partial charge in [0.2, 0.25) is 0 Å². The molecule has 0 bridgehead atoms. The highest BCUT2D eigenvalue weighted by molar-refractivity contribution is 9.10. The second-order valence-electron chi connectivity index (χ2n) is 4.67. The number of nitriles is 1. The van der Waals surface area contributed by atoms with Crippen molar-refractivity contribution in [1.29, 1.82) is 5.26 Å². The third kappa shape index (κ3) is 3.93. The summed E-state index contributed by atoms with van der Waals surface area (Å²) in [6, 6.07) is 8.27. The lowest BCUT2D eigenvalue weighted by molar-refractivity contribution is 0.138. The molecule has 0 unspecified atom stereocenters. The van der Waals surface area contributed by atoms with Crippen LogP contribution in [0.5, 0.6) is 5.75 Å². The minimum Gasteiger partial charge on any atom is -0.497 e. The van der Waals surface area contributed by atoms with Crippen molar-refractivity contribution in [3.63, 3.8) is 0 Å². The van der Waals surface area contributed by atoms with Crippen molar-refractivity contribution in [2.75, 3.05) is 39.8 Å². The van der Waals surface area contributed by atoms with Crippen molar-refractivity contribution < 1.29 is 4.74 Å². The predicted molar refractivity (Wildman–Crippen MR) is 78.0 cm³/mol. The standard InChI is InChI=1S/C14H18BrN3O/c1-19-13-2-3-14(15)12(10-13)11-18-8-6-17(5-4-16)7-9-18/h2-3,10H,5-9,11H2,1H3. The lowest BCUT2D eigenvalue weighted by Gasteiger charge is -2.33. The van der Waals surface area contributed by atoms with Gasteiger partial charge < -0.3 is 4.74 Å². The van der Waals surface area contributed by atoms with Crippen molar-refractivity contribution in [3.8, 4) is 11.8 Å². The monoisotopic (exact) mass is 323 g/mol. The Labute approximate surface area is 122 Å². The Morgan fingerprint density at radius 3 is 2.58 bits per heavy atom. The van der Waals surface area contributed by atoms with E-state index in [-0.39, 0.29) is 0 Å². The van der Waals surface area contributed by atoms with Crippen LogP contribution in [0.4, 0.5) is 0 Å². The maximum atomic E-state index is 8.69. The van der Waals surface area contributed by atoms with E-state index in [1.807, 2.05) is 12.1 Å². The van der Waals surface area contributed by atoms with E-state index in [1.165, 1.54) is 5.56 Å². The summed E-state index contributed by atoms with van der Waals surface area (Å²) in [5.41, 5.74) is 1.24. The first kappa shape index (κ1) is 14.3. The molecule has 1 heterocycles. The second kappa shape index (κ2) is 6.90. The zero-order chi connectivity index (χ0) is 13.7. The molecule has 0 spiro atoms. The van der Waals surface area contributed by atoms with Crippen LogP contribution >= 0.6 is 15.9 Å². The molecule has 0 atom stereocenters. The SMILES string of the molecule is COc1ccc(Br)c(CN2CCN(CC#N)CC2)c1. The maximum Gasteiger partial charge on any atom is 0.119 e. The minimum absolute atomic E-state index is 0.538. The first-order valence-corrected chi connectivity index (χ1v) is 7.16. The van der Waals surface area contributed by atoms with Crippen LogP contribution in [0.25, 0.3) is 0 Å². The quantitative estimate of drug-likeness (QED) is 0.795. The predicted octanol–water partition coefficient (Wildman–Crippen LogP) is 2.10. The molecule has 0 aliphatic carbocycles. The van der Waals surface area contributed by atoms with Crippen molar-refractivity contribution in [2.45, 2.75) is 6.54 Å². The molecule has 1 aromatic carbocycles. The van der Waals surface area contributed by atoms with E-state index in [0.29, 0.717) is 6.54 Å². The van der Waals surface area contributed by atoms with Gasteiger partial charge in [0.1, 0.15) is 5.75 Å². The first-order valence-electron chi connectivity index (χ1n) is 6.37. The molecular formula is C14H18BrN3O. The van der Waals surface area contributed by atoms with Crippen LogP contribution in [-0.4, -0.2) is 49.6 Å². The molecule has 1 aliphatic rings. The fourth-order valence-electron chi connectivity index (χ4n) is 2.25. The van der Waals surface area contributed by atoms with Gasteiger partial charge >= 0.3 is 0 Å². The number of nitrogens with zero attached hydrogens (tertiary/aromatic N) is 3. The van der Waals surface area contributed by atoms with Gasteiger partial charge in [-0.3, -0.25) is 9.80 Å². The molecule has 102 valence electrons. The summed E-state index contributed by atoms with van der Waals surface area (Å²) in [5, 5.41) is 8.69.